The molecule has 1 saturated heterocycles. The Morgan fingerprint density at radius 3 is 2.76 bits per heavy atom. The number of fused-ring (bicyclic) bond motifs is 1. The van der Waals surface area contributed by atoms with Crippen LogP contribution in [0.4, 0.5) is 5.13 Å². The molecule has 0 unspecified atom stereocenters. The lowest BCUT2D eigenvalue weighted by Crippen LogP contribution is -2.71. The standard InChI is InChI=1S/C19H17N3O5S2/c1-10(23)27-8-12-9-28-17-14(16(24)22(17)15(12)18(25)26)21-19-20-7-13(29-19)11-5-3-2-4-6-11/h2-7,9,14-15,17H,8H2,1H3,(H,20,21)(H,25,26)/t14-,15-,17-/m1/s1. The topological polar surface area (TPSA) is 109 Å². The van der Waals surface area contributed by atoms with Crippen molar-refractivity contribution < 1.29 is 24.2 Å². The summed E-state index contributed by atoms with van der Waals surface area (Å²) in [5.41, 5.74) is 1.41. The van der Waals surface area contributed by atoms with Crippen LogP contribution in [0.25, 0.3) is 10.4 Å². The Hall–Kier alpha value is -2.85. The van der Waals surface area contributed by atoms with Gasteiger partial charge in [-0.3, -0.25) is 9.59 Å². The molecule has 4 rings (SSSR count). The quantitative estimate of drug-likeness (QED) is 0.530. The molecule has 1 aromatic carbocycles. The summed E-state index contributed by atoms with van der Waals surface area (Å²) in [5, 5.41) is 14.6. The average Bonchev–Trinajstić information content (AvgIpc) is 3.19. The van der Waals surface area contributed by atoms with E-state index < -0.39 is 24.0 Å². The van der Waals surface area contributed by atoms with Crippen LogP contribution in [0.5, 0.6) is 0 Å². The number of aliphatic carboxylic acids is 1. The number of carbonyl (C=O) groups is 3. The van der Waals surface area contributed by atoms with Gasteiger partial charge in [-0.25, -0.2) is 9.78 Å². The molecule has 0 saturated carbocycles. The molecule has 2 aliphatic heterocycles. The number of carbonyl (C=O) groups excluding carboxylic acids is 2. The molecule has 8 nitrogen and oxygen atoms in total. The molecule has 3 heterocycles. The number of thioether (sulfide) groups is 1. The maximum Gasteiger partial charge on any atom is 0.330 e. The minimum Gasteiger partial charge on any atom is -0.479 e. The zero-order valence-electron chi connectivity index (χ0n) is 15.3. The second-order valence-corrected chi connectivity index (χ2v) is 8.53. The molecule has 3 atom stereocenters. The Labute approximate surface area is 174 Å². The number of nitrogens with zero attached hydrogens (tertiary/aromatic N) is 2. The molecule has 1 fully saturated rings. The highest BCUT2D eigenvalue weighted by molar-refractivity contribution is 8.03. The number of hydrogen-bond acceptors (Lipinski definition) is 8. The summed E-state index contributed by atoms with van der Waals surface area (Å²) in [6.45, 7) is 1.10. The summed E-state index contributed by atoms with van der Waals surface area (Å²) in [7, 11) is 0. The number of aromatic nitrogens is 1. The fraction of sp³-hybridized carbons (Fsp3) is 0.263. The first-order chi connectivity index (χ1) is 14.0. The number of ether oxygens (including phenoxy) is 1. The second-order valence-electron chi connectivity index (χ2n) is 6.50. The Bertz CT molecular complexity index is 991. The molecule has 0 aliphatic carbocycles. The molecule has 29 heavy (non-hydrogen) atoms. The van der Waals surface area contributed by atoms with Crippen LogP contribution in [0.1, 0.15) is 6.92 Å². The minimum atomic E-state index is -1.15. The first-order valence-corrected chi connectivity index (χ1v) is 10.5. The molecule has 2 aromatic rings. The van der Waals surface area contributed by atoms with Gasteiger partial charge in [-0.1, -0.05) is 41.7 Å². The number of esters is 1. The van der Waals surface area contributed by atoms with Gasteiger partial charge in [-0.05, 0) is 11.0 Å². The average molecular weight is 431 g/mol. The first-order valence-electron chi connectivity index (χ1n) is 8.76. The van der Waals surface area contributed by atoms with Crippen molar-refractivity contribution in [2.24, 2.45) is 0 Å². The third-order valence-electron chi connectivity index (χ3n) is 4.59. The van der Waals surface area contributed by atoms with Crippen molar-refractivity contribution in [2.45, 2.75) is 24.4 Å². The van der Waals surface area contributed by atoms with E-state index in [1.54, 1.807) is 11.6 Å². The predicted molar refractivity (Wildman–Crippen MR) is 109 cm³/mol. The Morgan fingerprint density at radius 1 is 1.31 bits per heavy atom. The normalized spacial score (nSPS) is 22.9. The fourth-order valence-corrected chi connectivity index (χ4v) is 5.29. The van der Waals surface area contributed by atoms with Crippen LogP contribution in [-0.4, -0.2) is 56.9 Å². The summed E-state index contributed by atoms with van der Waals surface area (Å²) in [6, 6.07) is 8.09. The molecule has 150 valence electrons. The monoisotopic (exact) mass is 431 g/mol. The molecule has 0 bridgehead atoms. The molecular weight excluding hydrogens is 414 g/mol. The summed E-state index contributed by atoms with van der Waals surface area (Å²) in [6.07, 6.45) is 1.74. The third-order valence-corrected chi connectivity index (χ3v) is 6.78. The summed E-state index contributed by atoms with van der Waals surface area (Å²) >= 11 is 2.76. The third kappa shape index (κ3) is 3.73. The van der Waals surface area contributed by atoms with E-state index in [0.29, 0.717) is 10.7 Å². The van der Waals surface area contributed by atoms with E-state index in [2.05, 4.69) is 10.3 Å². The second kappa shape index (κ2) is 7.88. The predicted octanol–water partition coefficient (Wildman–Crippen LogP) is 2.41. The number of carboxylic acids is 1. The smallest absolute Gasteiger partial charge is 0.330 e. The van der Waals surface area contributed by atoms with E-state index in [1.165, 1.54) is 34.9 Å². The molecular formula is C19H17N3O5S2. The first kappa shape index (κ1) is 19.5. The van der Waals surface area contributed by atoms with Crippen molar-refractivity contribution in [1.29, 1.82) is 0 Å². The molecule has 1 aromatic heterocycles. The number of β-lactam (4-membered cyclic amide) rings is 1. The number of benzene rings is 1. The number of hydrogen-bond donors (Lipinski definition) is 2. The highest BCUT2D eigenvalue weighted by Crippen LogP contribution is 2.42. The Kier molecular flexibility index (Phi) is 5.29. The van der Waals surface area contributed by atoms with Crippen LogP contribution < -0.4 is 5.32 Å². The fourth-order valence-electron chi connectivity index (χ4n) is 3.22. The van der Waals surface area contributed by atoms with E-state index in [1.807, 2.05) is 30.3 Å². The van der Waals surface area contributed by atoms with Crippen LogP contribution in [-0.2, 0) is 19.1 Å². The summed E-state index contributed by atoms with van der Waals surface area (Å²) in [5.74, 6) is -1.98. The number of carboxylic acid groups (broad SMARTS) is 1. The summed E-state index contributed by atoms with van der Waals surface area (Å²) < 4.78 is 4.93. The van der Waals surface area contributed by atoms with Gasteiger partial charge in [0.05, 0.1) is 4.88 Å². The number of nitrogens with one attached hydrogen (secondary N) is 1. The zero-order chi connectivity index (χ0) is 20.5. The van der Waals surface area contributed by atoms with Gasteiger partial charge in [0.15, 0.2) is 11.2 Å². The Balaban J connectivity index is 1.48. The van der Waals surface area contributed by atoms with Gasteiger partial charge in [-0.2, -0.15) is 0 Å². The van der Waals surface area contributed by atoms with Crippen molar-refractivity contribution >= 4 is 46.1 Å². The molecule has 2 aliphatic rings. The number of anilines is 1. The van der Waals surface area contributed by atoms with E-state index in [0.717, 1.165) is 10.4 Å². The van der Waals surface area contributed by atoms with E-state index in [9.17, 15) is 19.5 Å². The number of amides is 1. The lowest BCUT2D eigenvalue weighted by atomic mass is 9.98. The number of thiazole rings is 1. The van der Waals surface area contributed by atoms with Gasteiger partial charge in [0.25, 0.3) is 0 Å². The van der Waals surface area contributed by atoms with Crippen LogP contribution in [0.15, 0.2) is 47.5 Å². The van der Waals surface area contributed by atoms with Crippen molar-refractivity contribution in [3.8, 4) is 10.4 Å². The van der Waals surface area contributed by atoms with Gasteiger partial charge < -0.3 is 20.1 Å². The van der Waals surface area contributed by atoms with E-state index >= 15 is 0 Å². The van der Waals surface area contributed by atoms with Crippen LogP contribution in [0.2, 0.25) is 0 Å². The minimum absolute atomic E-state index is 0.152. The SMILES string of the molecule is CC(=O)OCC1=CS[C@@H]2[C@H](Nc3ncc(-c4ccccc4)s3)C(=O)N2[C@H]1C(=O)O. The molecule has 10 heteroatoms. The van der Waals surface area contributed by atoms with Crippen LogP contribution >= 0.6 is 23.1 Å². The van der Waals surface area contributed by atoms with E-state index in [-0.39, 0.29) is 17.9 Å². The van der Waals surface area contributed by atoms with E-state index in [4.69, 9.17) is 4.74 Å². The van der Waals surface area contributed by atoms with Crippen LogP contribution in [0, 0.1) is 0 Å². The van der Waals surface area contributed by atoms with Crippen molar-refractivity contribution in [2.75, 3.05) is 11.9 Å². The molecule has 2 N–H and O–H groups in total. The van der Waals surface area contributed by atoms with Gasteiger partial charge in [-0.15, -0.1) is 11.8 Å². The lowest BCUT2D eigenvalue weighted by molar-refractivity contribution is -0.157. The lowest BCUT2D eigenvalue weighted by Gasteiger charge is -2.51. The van der Waals surface area contributed by atoms with Gasteiger partial charge >= 0.3 is 11.9 Å². The molecule has 1 amide bonds. The highest BCUT2D eigenvalue weighted by atomic mass is 32.2. The van der Waals surface area contributed by atoms with Crippen molar-refractivity contribution in [1.82, 2.24) is 9.88 Å². The molecule has 0 radical (unpaired) electrons. The van der Waals surface area contributed by atoms with Crippen molar-refractivity contribution in [3.63, 3.8) is 0 Å². The van der Waals surface area contributed by atoms with Gasteiger partial charge in [0, 0.05) is 18.7 Å². The summed E-state index contributed by atoms with van der Waals surface area (Å²) in [4.78, 5) is 42.1. The molecule has 0 spiro atoms. The van der Waals surface area contributed by atoms with Crippen molar-refractivity contribution in [3.05, 3.63) is 47.5 Å². The highest BCUT2D eigenvalue weighted by Gasteiger charge is 2.55. The largest absolute Gasteiger partial charge is 0.479 e. The maximum atomic E-state index is 12.7. The number of rotatable bonds is 6. The zero-order valence-corrected chi connectivity index (χ0v) is 16.9. The van der Waals surface area contributed by atoms with Gasteiger partial charge in [0.1, 0.15) is 18.0 Å². The van der Waals surface area contributed by atoms with Gasteiger partial charge in [0.2, 0.25) is 5.91 Å². The van der Waals surface area contributed by atoms with Crippen LogP contribution in [0.3, 0.4) is 0 Å². The maximum absolute atomic E-state index is 12.7. The Morgan fingerprint density at radius 2 is 2.07 bits per heavy atom.